The fourth-order valence-electron chi connectivity index (χ4n) is 1.46. The Bertz CT molecular complexity index is 392. The Balaban J connectivity index is 2.47. The number of thiophene rings is 1. The molecule has 1 aromatic heterocycles. The first kappa shape index (κ1) is 14.7. The fraction of sp³-hybridized carbons (Fsp3) is 0.500. The van der Waals surface area contributed by atoms with Crippen molar-refractivity contribution in [3.8, 4) is 0 Å². The minimum absolute atomic E-state index is 0.0878. The standard InChI is InChI=1S/C12H19N3O2S/c1-9(12(17)15(3)7-6-13-2)14-11(16)10-5-4-8-18-10/h4-5,8-9,13H,6-7H2,1-3H3,(H,14,16). The van der Waals surface area contributed by atoms with Crippen LogP contribution < -0.4 is 10.6 Å². The lowest BCUT2D eigenvalue weighted by molar-refractivity contribution is -0.131. The molecule has 2 N–H and O–H groups in total. The van der Waals surface area contributed by atoms with Crippen molar-refractivity contribution in [2.45, 2.75) is 13.0 Å². The second-order valence-electron chi connectivity index (χ2n) is 4.04. The molecule has 5 nitrogen and oxygen atoms in total. The maximum atomic E-state index is 11.9. The molecule has 0 aliphatic rings. The van der Waals surface area contributed by atoms with Crippen LogP contribution >= 0.6 is 11.3 Å². The molecule has 1 rings (SSSR count). The molecule has 18 heavy (non-hydrogen) atoms. The Morgan fingerprint density at radius 1 is 1.50 bits per heavy atom. The van der Waals surface area contributed by atoms with E-state index in [-0.39, 0.29) is 11.8 Å². The molecule has 6 heteroatoms. The second-order valence-corrected chi connectivity index (χ2v) is 4.98. The van der Waals surface area contributed by atoms with Crippen molar-refractivity contribution in [3.05, 3.63) is 22.4 Å². The van der Waals surface area contributed by atoms with Crippen LogP contribution in [0.1, 0.15) is 16.6 Å². The highest BCUT2D eigenvalue weighted by atomic mass is 32.1. The van der Waals surface area contributed by atoms with Crippen molar-refractivity contribution < 1.29 is 9.59 Å². The Morgan fingerprint density at radius 3 is 2.78 bits per heavy atom. The van der Waals surface area contributed by atoms with Gasteiger partial charge in [0.15, 0.2) is 0 Å². The molecule has 0 fully saturated rings. The fourth-order valence-corrected chi connectivity index (χ4v) is 2.08. The van der Waals surface area contributed by atoms with Gasteiger partial charge in [-0.2, -0.15) is 0 Å². The van der Waals surface area contributed by atoms with E-state index in [0.717, 1.165) is 6.54 Å². The first-order valence-corrected chi connectivity index (χ1v) is 6.68. The number of carbonyl (C=O) groups excluding carboxylic acids is 2. The lowest BCUT2D eigenvalue weighted by Crippen LogP contribution is -2.46. The molecular formula is C12H19N3O2S. The van der Waals surface area contributed by atoms with Gasteiger partial charge in [0.05, 0.1) is 4.88 Å². The summed E-state index contributed by atoms with van der Waals surface area (Å²) in [5.41, 5.74) is 0. The molecule has 0 radical (unpaired) electrons. The number of amides is 2. The van der Waals surface area contributed by atoms with Gasteiger partial charge in [0.25, 0.3) is 5.91 Å². The number of hydrogen-bond donors (Lipinski definition) is 2. The first-order chi connectivity index (χ1) is 8.56. The zero-order chi connectivity index (χ0) is 13.5. The van der Waals surface area contributed by atoms with Crippen LogP contribution in [0.5, 0.6) is 0 Å². The molecule has 2 amide bonds. The van der Waals surface area contributed by atoms with Gasteiger partial charge in [-0.3, -0.25) is 9.59 Å². The summed E-state index contributed by atoms with van der Waals surface area (Å²) in [5.74, 6) is -0.289. The van der Waals surface area contributed by atoms with Crippen LogP contribution in [0.2, 0.25) is 0 Å². The van der Waals surface area contributed by atoms with Gasteiger partial charge in [-0.05, 0) is 25.4 Å². The maximum absolute atomic E-state index is 11.9. The van der Waals surface area contributed by atoms with Gasteiger partial charge in [-0.15, -0.1) is 11.3 Å². The molecule has 100 valence electrons. The average molecular weight is 269 g/mol. The third-order valence-electron chi connectivity index (χ3n) is 2.54. The second kappa shape index (κ2) is 7.13. The Kier molecular flexibility index (Phi) is 5.80. The third kappa shape index (κ3) is 4.12. The van der Waals surface area contributed by atoms with Crippen molar-refractivity contribution in [1.29, 1.82) is 0 Å². The van der Waals surface area contributed by atoms with Crippen molar-refractivity contribution in [3.63, 3.8) is 0 Å². The molecule has 0 spiro atoms. The average Bonchev–Trinajstić information content (AvgIpc) is 2.88. The summed E-state index contributed by atoms with van der Waals surface area (Å²) in [6.07, 6.45) is 0. The third-order valence-corrected chi connectivity index (χ3v) is 3.41. The number of hydrogen-bond acceptors (Lipinski definition) is 4. The highest BCUT2D eigenvalue weighted by molar-refractivity contribution is 7.12. The molecule has 0 bridgehead atoms. The van der Waals surface area contributed by atoms with Gasteiger partial charge in [0, 0.05) is 20.1 Å². The predicted molar refractivity (Wildman–Crippen MR) is 72.8 cm³/mol. The van der Waals surface area contributed by atoms with E-state index >= 15 is 0 Å². The number of carbonyl (C=O) groups is 2. The zero-order valence-corrected chi connectivity index (χ0v) is 11.7. The van der Waals surface area contributed by atoms with E-state index in [1.807, 2.05) is 18.5 Å². The normalized spacial score (nSPS) is 11.9. The van der Waals surface area contributed by atoms with Crippen LogP contribution in [-0.2, 0) is 4.79 Å². The molecular weight excluding hydrogens is 250 g/mol. The Labute approximate surface area is 111 Å². The van der Waals surface area contributed by atoms with Gasteiger partial charge < -0.3 is 15.5 Å². The summed E-state index contributed by atoms with van der Waals surface area (Å²) in [6, 6.07) is 3.04. The van der Waals surface area contributed by atoms with Crippen LogP contribution in [0.4, 0.5) is 0 Å². The number of rotatable bonds is 6. The van der Waals surface area contributed by atoms with Crippen molar-refractivity contribution in [2.75, 3.05) is 27.2 Å². The van der Waals surface area contributed by atoms with Crippen LogP contribution in [-0.4, -0.2) is 49.9 Å². The zero-order valence-electron chi connectivity index (χ0n) is 10.9. The maximum Gasteiger partial charge on any atom is 0.261 e. The van der Waals surface area contributed by atoms with E-state index in [2.05, 4.69) is 10.6 Å². The van der Waals surface area contributed by atoms with Crippen LogP contribution in [0.25, 0.3) is 0 Å². The minimum Gasteiger partial charge on any atom is -0.343 e. The lowest BCUT2D eigenvalue weighted by atomic mass is 10.2. The van der Waals surface area contributed by atoms with E-state index in [0.29, 0.717) is 11.4 Å². The minimum atomic E-state index is -0.513. The highest BCUT2D eigenvalue weighted by Crippen LogP contribution is 2.08. The SMILES string of the molecule is CNCCN(C)C(=O)C(C)NC(=O)c1cccs1. The first-order valence-electron chi connectivity index (χ1n) is 5.80. The highest BCUT2D eigenvalue weighted by Gasteiger charge is 2.19. The summed E-state index contributed by atoms with van der Waals surface area (Å²) in [7, 11) is 3.56. The molecule has 0 saturated heterocycles. The molecule has 0 aliphatic carbocycles. The molecule has 1 atom stereocenters. The van der Waals surface area contributed by atoms with Gasteiger partial charge in [0.2, 0.25) is 5.91 Å². The quantitative estimate of drug-likeness (QED) is 0.792. The Hall–Kier alpha value is -1.40. The Morgan fingerprint density at radius 2 is 2.22 bits per heavy atom. The number of likely N-dealkylation sites (N-methyl/N-ethyl adjacent to an activating group) is 2. The van der Waals surface area contributed by atoms with Crippen molar-refractivity contribution in [1.82, 2.24) is 15.5 Å². The lowest BCUT2D eigenvalue weighted by Gasteiger charge is -2.21. The van der Waals surface area contributed by atoms with Crippen molar-refractivity contribution >= 4 is 23.2 Å². The molecule has 1 unspecified atom stereocenters. The number of nitrogens with one attached hydrogen (secondary N) is 2. The van der Waals surface area contributed by atoms with E-state index in [1.54, 1.807) is 24.9 Å². The predicted octanol–water partition coefficient (Wildman–Crippen LogP) is 0.544. The largest absolute Gasteiger partial charge is 0.343 e. The van der Waals surface area contributed by atoms with E-state index in [9.17, 15) is 9.59 Å². The van der Waals surface area contributed by atoms with Gasteiger partial charge in [0.1, 0.15) is 6.04 Å². The summed E-state index contributed by atoms with van der Waals surface area (Å²) in [5, 5.41) is 7.51. The number of nitrogens with zero attached hydrogens (tertiary/aromatic N) is 1. The monoisotopic (exact) mass is 269 g/mol. The summed E-state index contributed by atoms with van der Waals surface area (Å²) in [6.45, 7) is 3.05. The summed E-state index contributed by atoms with van der Waals surface area (Å²) < 4.78 is 0. The molecule has 0 aliphatic heterocycles. The topological polar surface area (TPSA) is 61.4 Å². The van der Waals surface area contributed by atoms with Gasteiger partial charge in [-0.1, -0.05) is 6.07 Å². The summed E-state index contributed by atoms with van der Waals surface area (Å²) in [4.78, 5) is 25.9. The molecule has 1 aromatic rings. The van der Waals surface area contributed by atoms with E-state index < -0.39 is 6.04 Å². The van der Waals surface area contributed by atoms with Crippen LogP contribution in [0.15, 0.2) is 17.5 Å². The van der Waals surface area contributed by atoms with Crippen LogP contribution in [0.3, 0.4) is 0 Å². The van der Waals surface area contributed by atoms with E-state index in [1.165, 1.54) is 11.3 Å². The molecule has 1 heterocycles. The van der Waals surface area contributed by atoms with Crippen molar-refractivity contribution in [2.24, 2.45) is 0 Å². The van der Waals surface area contributed by atoms with E-state index in [4.69, 9.17) is 0 Å². The smallest absolute Gasteiger partial charge is 0.261 e. The molecule has 0 saturated carbocycles. The molecule has 0 aromatic carbocycles. The van der Waals surface area contributed by atoms with Gasteiger partial charge in [-0.25, -0.2) is 0 Å². The van der Waals surface area contributed by atoms with Crippen LogP contribution in [0, 0.1) is 0 Å². The summed E-state index contributed by atoms with van der Waals surface area (Å²) >= 11 is 1.36. The van der Waals surface area contributed by atoms with Gasteiger partial charge >= 0.3 is 0 Å².